The van der Waals surface area contributed by atoms with E-state index in [0.717, 1.165) is 0 Å². The Morgan fingerprint density at radius 1 is 0.508 bits per heavy atom. The molecule has 350 valence electrons. The van der Waals surface area contributed by atoms with Gasteiger partial charge in [0.05, 0.1) is 31.8 Å². The van der Waals surface area contributed by atoms with E-state index < -0.39 is 133 Å². The molecule has 13 N–H and O–H groups in total. The van der Waals surface area contributed by atoms with Gasteiger partial charge >= 0.3 is 5.97 Å². The average molecular weight is 872 g/mol. The maximum atomic E-state index is 13.7. The van der Waals surface area contributed by atoms with Crippen molar-refractivity contribution in [1.82, 2.24) is 42.5 Å². The summed E-state index contributed by atoms with van der Waals surface area (Å²) in [6.45, 7) is 16.6. The molecule has 0 saturated heterocycles. The third kappa shape index (κ3) is 20.5. The van der Waals surface area contributed by atoms with Crippen LogP contribution in [0, 0.1) is 29.6 Å². The maximum Gasteiger partial charge on any atom is 0.326 e. The lowest BCUT2D eigenvalue weighted by molar-refractivity contribution is -0.144. The van der Waals surface area contributed by atoms with Crippen LogP contribution in [0.15, 0.2) is 0 Å². The highest BCUT2D eigenvalue weighted by molar-refractivity contribution is 5.97. The van der Waals surface area contributed by atoms with Crippen molar-refractivity contribution < 1.29 is 58.5 Å². The van der Waals surface area contributed by atoms with E-state index in [1.807, 2.05) is 6.92 Å². The zero-order chi connectivity index (χ0) is 47.3. The topological polar surface area (TPSA) is 337 Å². The lowest BCUT2D eigenvalue weighted by Crippen LogP contribution is -2.62. The lowest BCUT2D eigenvalue weighted by Gasteiger charge is -2.30. The van der Waals surface area contributed by atoms with Gasteiger partial charge in [0.2, 0.25) is 47.3 Å². The number of carboxylic acid groups (broad SMARTS) is 1. The quantitative estimate of drug-likeness (QED) is 0.0396. The summed E-state index contributed by atoms with van der Waals surface area (Å²) >= 11 is 0. The fourth-order valence-corrected chi connectivity index (χ4v) is 5.81. The van der Waals surface area contributed by atoms with Crippen LogP contribution < -0.4 is 48.3 Å². The predicted octanol–water partition coefficient (Wildman–Crippen LogP) is -2.25. The molecule has 8 amide bonds. The van der Waals surface area contributed by atoms with Crippen LogP contribution in [0.2, 0.25) is 0 Å². The summed E-state index contributed by atoms with van der Waals surface area (Å²) < 4.78 is 0. The predicted molar refractivity (Wildman–Crippen MR) is 225 cm³/mol. The number of rotatable bonds is 28. The number of aliphatic hydroxyl groups excluding tert-OH is 2. The number of nitrogens with one attached hydrogen (secondary N) is 8. The zero-order valence-electron chi connectivity index (χ0n) is 37.5. The fraction of sp³-hybridized carbons (Fsp3) is 0.775. The summed E-state index contributed by atoms with van der Waals surface area (Å²) in [5, 5.41) is 49.1. The molecule has 0 fully saturated rings. The molecule has 21 nitrogen and oxygen atoms in total. The van der Waals surface area contributed by atoms with Crippen molar-refractivity contribution in [3.63, 3.8) is 0 Å². The molecule has 0 aliphatic carbocycles. The van der Waals surface area contributed by atoms with Crippen molar-refractivity contribution >= 4 is 53.2 Å². The van der Waals surface area contributed by atoms with E-state index in [4.69, 9.17) is 5.73 Å². The molecule has 0 rings (SSSR count). The molecule has 61 heavy (non-hydrogen) atoms. The first kappa shape index (κ1) is 56.1. The van der Waals surface area contributed by atoms with Gasteiger partial charge in [-0.15, -0.1) is 0 Å². The van der Waals surface area contributed by atoms with E-state index in [-0.39, 0.29) is 30.6 Å². The summed E-state index contributed by atoms with van der Waals surface area (Å²) in [5.41, 5.74) is 5.90. The molecular weight excluding hydrogens is 798 g/mol. The second-order valence-corrected chi connectivity index (χ2v) is 16.8. The Hall–Kier alpha value is -4.89. The van der Waals surface area contributed by atoms with E-state index in [9.17, 15) is 58.5 Å². The van der Waals surface area contributed by atoms with Gasteiger partial charge in [-0.05, 0) is 49.4 Å². The second-order valence-electron chi connectivity index (χ2n) is 16.8. The minimum absolute atomic E-state index is 0.107. The molecule has 0 aliphatic rings. The van der Waals surface area contributed by atoms with Gasteiger partial charge in [0.25, 0.3) is 0 Å². The van der Waals surface area contributed by atoms with Crippen LogP contribution >= 0.6 is 0 Å². The van der Waals surface area contributed by atoms with Gasteiger partial charge in [-0.25, -0.2) is 4.79 Å². The highest BCUT2D eigenvalue weighted by Gasteiger charge is 2.36. The minimum atomic E-state index is -1.56. The normalized spacial score (nSPS) is 16.3. The van der Waals surface area contributed by atoms with Gasteiger partial charge in [-0.2, -0.15) is 0 Å². The standard InChI is InChI=1S/C40H73N9O12/c1-12-22(9)30(41)37(57)46-27(18-50)35(55)43-17-28(52)44-25(14-19(3)4)34(54)42-16-29(53)45-26(15-20(5)6)36(56)48-32(23(10)13-2)38(58)49-33(24(11)51)39(59)47-31(21(7)8)40(60)61/h19-27,30-33,50-51H,12-18,41H2,1-11H3,(H,42,54)(H,43,55)(H,44,52)(H,45,53)(H,46,57)(H,47,59)(H,48,56)(H,49,58)(H,60,61)/t22-,23-,24+,25-,26-,27-,30-,31-,32-,33-/m0/s1. The van der Waals surface area contributed by atoms with E-state index in [2.05, 4.69) is 42.5 Å². The van der Waals surface area contributed by atoms with Gasteiger partial charge in [-0.1, -0.05) is 82.1 Å². The summed E-state index contributed by atoms with van der Waals surface area (Å²) in [6, 6.07) is -8.73. The third-order valence-corrected chi connectivity index (χ3v) is 10.0. The smallest absolute Gasteiger partial charge is 0.326 e. The maximum absolute atomic E-state index is 13.7. The summed E-state index contributed by atoms with van der Waals surface area (Å²) in [7, 11) is 0. The highest BCUT2D eigenvalue weighted by Crippen LogP contribution is 2.13. The Morgan fingerprint density at radius 3 is 1.31 bits per heavy atom. The number of aliphatic hydroxyl groups is 2. The first-order valence-electron chi connectivity index (χ1n) is 20.9. The summed E-state index contributed by atoms with van der Waals surface area (Å²) in [5.74, 6) is -9.04. The first-order chi connectivity index (χ1) is 28.3. The van der Waals surface area contributed by atoms with Crippen LogP contribution in [0.5, 0.6) is 0 Å². The molecular formula is C40H73N9O12. The van der Waals surface area contributed by atoms with Gasteiger partial charge < -0.3 is 63.6 Å². The lowest BCUT2D eigenvalue weighted by atomic mass is 9.96. The van der Waals surface area contributed by atoms with Crippen LogP contribution in [0.25, 0.3) is 0 Å². The van der Waals surface area contributed by atoms with E-state index in [1.54, 1.807) is 62.3 Å². The number of carbonyl (C=O) groups is 9. The third-order valence-electron chi connectivity index (χ3n) is 10.0. The van der Waals surface area contributed by atoms with Crippen molar-refractivity contribution in [2.45, 2.75) is 150 Å². The van der Waals surface area contributed by atoms with Crippen LogP contribution in [0.3, 0.4) is 0 Å². The van der Waals surface area contributed by atoms with E-state index in [0.29, 0.717) is 12.8 Å². The largest absolute Gasteiger partial charge is 0.480 e. The molecule has 0 unspecified atom stereocenters. The number of carboxylic acids is 1. The second kappa shape index (κ2) is 27.9. The summed E-state index contributed by atoms with van der Waals surface area (Å²) in [6.07, 6.45) is -0.187. The van der Waals surface area contributed by atoms with Crippen molar-refractivity contribution in [1.29, 1.82) is 0 Å². The molecule has 0 heterocycles. The molecule has 0 aliphatic heterocycles. The van der Waals surface area contributed by atoms with Crippen molar-refractivity contribution in [3.05, 3.63) is 0 Å². The Labute approximate surface area is 359 Å². The van der Waals surface area contributed by atoms with E-state index >= 15 is 0 Å². The molecule has 0 aromatic carbocycles. The average Bonchev–Trinajstić information content (AvgIpc) is 3.18. The molecule has 0 aromatic rings. The van der Waals surface area contributed by atoms with Gasteiger partial charge in [0, 0.05) is 0 Å². The molecule has 0 radical (unpaired) electrons. The minimum Gasteiger partial charge on any atom is -0.480 e. The Balaban J connectivity index is 5.77. The van der Waals surface area contributed by atoms with Crippen LogP contribution in [-0.4, -0.2) is 137 Å². The van der Waals surface area contributed by atoms with Gasteiger partial charge in [0.15, 0.2) is 0 Å². The first-order valence-corrected chi connectivity index (χ1v) is 20.9. The number of nitrogens with two attached hydrogens (primary N) is 1. The van der Waals surface area contributed by atoms with Crippen LogP contribution in [0.4, 0.5) is 0 Å². The number of hydrogen-bond acceptors (Lipinski definition) is 12. The molecule has 0 bridgehead atoms. The van der Waals surface area contributed by atoms with Gasteiger partial charge in [0.1, 0.15) is 36.3 Å². The number of hydrogen-bond donors (Lipinski definition) is 12. The fourth-order valence-electron chi connectivity index (χ4n) is 5.81. The monoisotopic (exact) mass is 872 g/mol. The number of carbonyl (C=O) groups excluding carboxylic acids is 8. The Bertz CT molecular complexity index is 1490. The zero-order valence-corrected chi connectivity index (χ0v) is 37.5. The van der Waals surface area contributed by atoms with Gasteiger partial charge in [-0.3, -0.25) is 38.4 Å². The molecule has 0 aromatic heterocycles. The molecule has 21 heteroatoms. The molecule has 0 saturated carbocycles. The molecule has 0 spiro atoms. The van der Waals surface area contributed by atoms with Crippen molar-refractivity contribution in [2.75, 3.05) is 19.7 Å². The highest BCUT2D eigenvalue weighted by atomic mass is 16.4. The summed E-state index contributed by atoms with van der Waals surface area (Å²) in [4.78, 5) is 116. The SMILES string of the molecule is CC[C@H](C)[C@H](N)C(=O)N[C@@H](CO)C(=O)NCC(=O)N[C@@H](CC(C)C)C(=O)NCC(=O)N[C@@H](CC(C)C)C(=O)N[C@H](C(=O)N[C@H](C(=O)N[C@H](C(=O)O)C(C)C)[C@@H](C)O)[C@@H](C)CC. The Morgan fingerprint density at radius 2 is 0.918 bits per heavy atom. The number of amides is 8. The molecule has 10 atom stereocenters. The van der Waals surface area contributed by atoms with Crippen LogP contribution in [0.1, 0.15) is 102 Å². The number of aliphatic carboxylic acids is 1. The Kier molecular flexibility index (Phi) is 25.6. The van der Waals surface area contributed by atoms with Crippen LogP contribution in [-0.2, 0) is 43.2 Å². The van der Waals surface area contributed by atoms with Crippen molar-refractivity contribution in [3.8, 4) is 0 Å². The van der Waals surface area contributed by atoms with E-state index in [1.165, 1.54) is 6.92 Å². The van der Waals surface area contributed by atoms with Crippen molar-refractivity contribution in [2.24, 2.45) is 35.3 Å².